The fourth-order valence-corrected chi connectivity index (χ4v) is 3.19. The van der Waals surface area contributed by atoms with Gasteiger partial charge in [0.2, 0.25) is 0 Å². The molecule has 0 amide bonds. The van der Waals surface area contributed by atoms with E-state index in [1.54, 1.807) is 0 Å². The van der Waals surface area contributed by atoms with Crippen molar-refractivity contribution in [3.63, 3.8) is 0 Å². The van der Waals surface area contributed by atoms with Crippen molar-refractivity contribution in [2.24, 2.45) is 0 Å². The lowest BCUT2D eigenvalue weighted by Crippen LogP contribution is -2.25. The van der Waals surface area contributed by atoms with Crippen molar-refractivity contribution >= 4 is 11.8 Å². The molecule has 0 atom stereocenters. The number of hydrogen-bond donors (Lipinski definition) is 0. The Kier molecular flexibility index (Phi) is 4.51. The number of fused-ring (bicyclic) bond motifs is 1. The van der Waals surface area contributed by atoms with Gasteiger partial charge in [0, 0.05) is 24.3 Å². The summed E-state index contributed by atoms with van der Waals surface area (Å²) in [5, 5.41) is 0. The summed E-state index contributed by atoms with van der Waals surface area (Å²) in [6, 6.07) is 27.2. The highest BCUT2D eigenvalue weighted by atomic mass is 16.5. The van der Waals surface area contributed by atoms with Crippen molar-refractivity contribution in [3.05, 3.63) is 102 Å². The molecule has 1 heterocycles. The van der Waals surface area contributed by atoms with Crippen LogP contribution in [0, 0.1) is 0 Å². The standard InChI is InChI=1S/C23H21NO/c1-3-9-19(10-4-1)17-24-16-8-13-21-22(24)14-7-15-23(21)25-18-20-11-5-2-6-12-20/h1-15H,16-18H2. The molecule has 2 heteroatoms. The molecule has 0 bridgehead atoms. The van der Waals surface area contributed by atoms with Gasteiger partial charge in [-0.05, 0) is 23.3 Å². The van der Waals surface area contributed by atoms with Crippen LogP contribution in [-0.2, 0) is 13.2 Å². The fourth-order valence-electron chi connectivity index (χ4n) is 3.19. The zero-order valence-corrected chi connectivity index (χ0v) is 14.1. The molecule has 1 aliphatic heterocycles. The first kappa shape index (κ1) is 15.5. The van der Waals surface area contributed by atoms with Crippen molar-refractivity contribution in [3.8, 4) is 5.75 Å². The molecule has 4 rings (SSSR count). The quantitative estimate of drug-likeness (QED) is 0.630. The molecule has 0 aromatic heterocycles. The van der Waals surface area contributed by atoms with E-state index in [0.29, 0.717) is 6.61 Å². The van der Waals surface area contributed by atoms with Gasteiger partial charge in [0.05, 0.1) is 0 Å². The van der Waals surface area contributed by atoms with E-state index >= 15 is 0 Å². The van der Waals surface area contributed by atoms with Crippen LogP contribution in [0.15, 0.2) is 84.9 Å². The maximum atomic E-state index is 6.11. The normalized spacial score (nSPS) is 12.7. The minimum Gasteiger partial charge on any atom is -0.488 e. The number of ether oxygens (including phenoxy) is 1. The summed E-state index contributed by atoms with van der Waals surface area (Å²) in [5.74, 6) is 0.940. The molecule has 0 saturated carbocycles. The number of hydrogen-bond acceptors (Lipinski definition) is 2. The molecule has 3 aromatic rings. The maximum absolute atomic E-state index is 6.11. The number of anilines is 1. The van der Waals surface area contributed by atoms with Crippen molar-refractivity contribution in [1.29, 1.82) is 0 Å². The second-order valence-electron chi connectivity index (χ2n) is 6.23. The lowest BCUT2D eigenvalue weighted by molar-refractivity contribution is 0.305. The van der Waals surface area contributed by atoms with Gasteiger partial charge in [-0.3, -0.25) is 0 Å². The Hall–Kier alpha value is -3.00. The van der Waals surface area contributed by atoms with Crippen LogP contribution < -0.4 is 9.64 Å². The molecule has 0 fully saturated rings. The monoisotopic (exact) mass is 327 g/mol. The van der Waals surface area contributed by atoms with Crippen molar-refractivity contribution in [2.45, 2.75) is 13.2 Å². The first-order valence-electron chi connectivity index (χ1n) is 8.65. The molecule has 0 spiro atoms. The topological polar surface area (TPSA) is 12.5 Å². The van der Waals surface area contributed by atoms with Crippen molar-refractivity contribution in [1.82, 2.24) is 0 Å². The molecule has 0 aliphatic carbocycles. The smallest absolute Gasteiger partial charge is 0.129 e. The number of rotatable bonds is 5. The van der Waals surface area contributed by atoms with Gasteiger partial charge in [-0.1, -0.05) is 78.9 Å². The Balaban J connectivity index is 1.56. The molecule has 0 N–H and O–H groups in total. The van der Waals surface area contributed by atoms with Gasteiger partial charge in [-0.2, -0.15) is 0 Å². The molecule has 0 unspecified atom stereocenters. The maximum Gasteiger partial charge on any atom is 0.129 e. The number of nitrogens with zero attached hydrogens (tertiary/aromatic N) is 1. The lowest BCUT2D eigenvalue weighted by atomic mass is 10.1. The van der Waals surface area contributed by atoms with Gasteiger partial charge in [-0.15, -0.1) is 0 Å². The predicted molar refractivity (Wildman–Crippen MR) is 104 cm³/mol. The van der Waals surface area contributed by atoms with Gasteiger partial charge in [-0.25, -0.2) is 0 Å². The summed E-state index contributed by atoms with van der Waals surface area (Å²) in [7, 11) is 0. The van der Waals surface area contributed by atoms with Crippen LogP contribution >= 0.6 is 0 Å². The van der Waals surface area contributed by atoms with E-state index in [2.05, 4.69) is 77.7 Å². The fraction of sp³-hybridized carbons (Fsp3) is 0.130. The largest absolute Gasteiger partial charge is 0.488 e. The van der Waals surface area contributed by atoms with E-state index in [9.17, 15) is 0 Å². The van der Waals surface area contributed by atoms with Crippen LogP contribution in [0.1, 0.15) is 16.7 Å². The second-order valence-corrected chi connectivity index (χ2v) is 6.23. The Bertz CT molecular complexity index is 856. The van der Waals surface area contributed by atoms with Gasteiger partial charge >= 0.3 is 0 Å². The van der Waals surface area contributed by atoms with Gasteiger partial charge < -0.3 is 9.64 Å². The summed E-state index contributed by atoms with van der Waals surface area (Å²) >= 11 is 0. The van der Waals surface area contributed by atoms with Crippen LogP contribution in [0.25, 0.3) is 6.08 Å². The van der Waals surface area contributed by atoms with Crippen molar-refractivity contribution < 1.29 is 4.74 Å². The average molecular weight is 327 g/mol. The summed E-state index contributed by atoms with van der Waals surface area (Å²) in [5.41, 5.74) is 4.90. The lowest BCUT2D eigenvalue weighted by Gasteiger charge is -2.29. The Morgan fingerprint density at radius 3 is 2.24 bits per heavy atom. The third-order valence-corrected chi connectivity index (χ3v) is 4.45. The minimum absolute atomic E-state index is 0.587. The molecule has 25 heavy (non-hydrogen) atoms. The summed E-state index contributed by atoms with van der Waals surface area (Å²) in [4.78, 5) is 2.39. The predicted octanol–water partition coefficient (Wildman–Crippen LogP) is 5.30. The first-order valence-corrected chi connectivity index (χ1v) is 8.65. The molecular weight excluding hydrogens is 306 g/mol. The SMILES string of the molecule is C1=Cc2c(OCc3ccccc3)cccc2N(Cc2ccccc2)C1. The second kappa shape index (κ2) is 7.27. The molecule has 0 saturated heterocycles. The summed E-state index contributed by atoms with van der Waals surface area (Å²) in [6.07, 6.45) is 4.39. The van der Waals surface area contributed by atoms with E-state index in [4.69, 9.17) is 4.74 Å². The molecule has 124 valence electrons. The van der Waals surface area contributed by atoms with Crippen molar-refractivity contribution in [2.75, 3.05) is 11.4 Å². The molecular formula is C23H21NO. The summed E-state index contributed by atoms with van der Waals surface area (Å²) in [6.45, 7) is 2.41. The van der Waals surface area contributed by atoms with Crippen LogP contribution in [0.2, 0.25) is 0 Å². The Labute approximate surface area is 149 Å². The van der Waals surface area contributed by atoms with Crippen LogP contribution in [0.4, 0.5) is 5.69 Å². The zero-order chi connectivity index (χ0) is 16.9. The van der Waals surface area contributed by atoms with E-state index in [0.717, 1.165) is 18.8 Å². The van der Waals surface area contributed by atoms with E-state index in [-0.39, 0.29) is 0 Å². The third-order valence-electron chi connectivity index (χ3n) is 4.45. The van der Waals surface area contributed by atoms with Gasteiger partial charge in [0.15, 0.2) is 0 Å². The third kappa shape index (κ3) is 3.58. The van der Waals surface area contributed by atoms with E-state index in [1.165, 1.54) is 22.4 Å². The highest BCUT2D eigenvalue weighted by Crippen LogP contribution is 2.34. The highest BCUT2D eigenvalue weighted by molar-refractivity contribution is 5.76. The average Bonchev–Trinajstić information content (AvgIpc) is 2.68. The van der Waals surface area contributed by atoms with Crippen LogP contribution in [0.5, 0.6) is 5.75 Å². The number of benzene rings is 3. The molecule has 3 aromatic carbocycles. The van der Waals surface area contributed by atoms with Crippen LogP contribution in [0.3, 0.4) is 0 Å². The molecule has 0 radical (unpaired) electrons. The highest BCUT2D eigenvalue weighted by Gasteiger charge is 2.16. The van der Waals surface area contributed by atoms with Crippen LogP contribution in [-0.4, -0.2) is 6.54 Å². The zero-order valence-electron chi connectivity index (χ0n) is 14.1. The molecule has 2 nitrogen and oxygen atoms in total. The first-order chi connectivity index (χ1) is 12.4. The van der Waals surface area contributed by atoms with E-state index < -0.39 is 0 Å². The minimum atomic E-state index is 0.587. The Morgan fingerprint density at radius 2 is 1.48 bits per heavy atom. The summed E-state index contributed by atoms with van der Waals surface area (Å²) < 4.78 is 6.11. The van der Waals surface area contributed by atoms with Gasteiger partial charge in [0.1, 0.15) is 12.4 Å². The van der Waals surface area contributed by atoms with Gasteiger partial charge in [0.25, 0.3) is 0 Å². The van der Waals surface area contributed by atoms with E-state index in [1.807, 2.05) is 18.2 Å². The Morgan fingerprint density at radius 1 is 0.760 bits per heavy atom. The molecule has 1 aliphatic rings.